The van der Waals surface area contributed by atoms with E-state index in [-0.39, 0.29) is 11.1 Å². The van der Waals surface area contributed by atoms with Gasteiger partial charge in [0, 0.05) is 6.92 Å². The SMILES string of the molecule is C=CCOc1c(Br)cc(/C=C2\SC(NC(C)=O)=NC2=O)cc1OC. The van der Waals surface area contributed by atoms with Crippen LogP contribution in [0.15, 0.2) is 39.2 Å². The van der Waals surface area contributed by atoms with Crippen molar-refractivity contribution in [3.05, 3.63) is 39.7 Å². The number of hydrogen-bond acceptors (Lipinski definition) is 5. The first-order chi connectivity index (χ1) is 11.4. The Morgan fingerprint density at radius 2 is 2.25 bits per heavy atom. The molecule has 0 radical (unpaired) electrons. The predicted molar refractivity (Wildman–Crippen MR) is 98.2 cm³/mol. The highest BCUT2D eigenvalue weighted by Gasteiger charge is 2.23. The van der Waals surface area contributed by atoms with Crippen LogP contribution in [-0.4, -0.2) is 30.7 Å². The average Bonchev–Trinajstić information content (AvgIpc) is 2.84. The van der Waals surface area contributed by atoms with E-state index in [0.717, 1.165) is 17.3 Å². The average molecular weight is 411 g/mol. The van der Waals surface area contributed by atoms with Gasteiger partial charge in [-0.2, -0.15) is 4.99 Å². The molecule has 0 aromatic heterocycles. The maximum atomic E-state index is 11.9. The lowest BCUT2D eigenvalue weighted by molar-refractivity contribution is -0.117. The number of halogens is 1. The fourth-order valence-corrected chi connectivity index (χ4v) is 3.30. The van der Waals surface area contributed by atoms with Crippen molar-refractivity contribution >= 4 is 50.7 Å². The fourth-order valence-electron chi connectivity index (χ4n) is 1.87. The van der Waals surface area contributed by atoms with Gasteiger partial charge in [-0.25, -0.2) is 0 Å². The van der Waals surface area contributed by atoms with Crippen LogP contribution in [0, 0.1) is 0 Å². The van der Waals surface area contributed by atoms with E-state index in [2.05, 4.69) is 32.8 Å². The Morgan fingerprint density at radius 1 is 1.50 bits per heavy atom. The number of aliphatic imine (C=N–C) groups is 1. The van der Waals surface area contributed by atoms with Crippen LogP contribution in [0.3, 0.4) is 0 Å². The molecule has 1 aliphatic rings. The molecule has 0 spiro atoms. The number of methoxy groups -OCH3 is 1. The second kappa shape index (κ2) is 8.16. The summed E-state index contributed by atoms with van der Waals surface area (Å²) in [6, 6.07) is 3.55. The van der Waals surface area contributed by atoms with E-state index in [1.54, 1.807) is 24.3 Å². The highest BCUT2D eigenvalue weighted by Crippen LogP contribution is 2.38. The summed E-state index contributed by atoms with van der Waals surface area (Å²) in [5.74, 6) is 0.408. The van der Waals surface area contributed by atoms with E-state index in [9.17, 15) is 9.59 Å². The van der Waals surface area contributed by atoms with Gasteiger partial charge in [-0.3, -0.25) is 9.59 Å². The molecule has 0 saturated carbocycles. The minimum atomic E-state index is -0.397. The highest BCUT2D eigenvalue weighted by molar-refractivity contribution is 9.10. The Balaban J connectivity index is 2.27. The van der Waals surface area contributed by atoms with Crippen LogP contribution in [0.1, 0.15) is 12.5 Å². The van der Waals surface area contributed by atoms with Crippen molar-refractivity contribution in [2.75, 3.05) is 13.7 Å². The number of nitrogens with zero attached hydrogens (tertiary/aromatic N) is 1. The van der Waals surface area contributed by atoms with Crippen LogP contribution in [0.2, 0.25) is 0 Å². The van der Waals surface area contributed by atoms with E-state index in [0.29, 0.717) is 27.5 Å². The minimum absolute atomic E-state index is 0.274. The number of nitrogens with one attached hydrogen (secondary N) is 1. The van der Waals surface area contributed by atoms with Gasteiger partial charge in [-0.1, -0.05) is 12.7 Å². The van der Waals surface area contributed by atoms with Crippen molar-refractivity contribution in [3.8, 4) is 11.5 Å². The Hall–Kier alpha value is -2.06. The number of hydrogen-bond donors (Lipinski definition) is 1. The first-order valence-corrected chi connectivity index (χ1v) is 8.47. The van der Waals surface area contributed by atoms with Gasteiger partial charge in [-0.05, 0) is 51.5 Å². The number of rotatable bonds is 5. The lowest BCUT2D eigenvalue weighted by atomic mass is 10.2. The zero-order valence-corrected chi connectivity index (χ0v) is 15.5. The number of amides is 2. The van der Waals surface area contributed by atoms with Crippen molar-refractivity contribution < 1.29 is 19.1 Å². The molecule has 126 valence electrons. The van der Waals surface area contributed by atoms with Gasteiger partial charge in [0.1, 0.15) is 6.61 Å². The molecule has 0 aliphatic carbocycles. The predicted octanol–water partition coefficient (Wildman–Crippen LogP) is 3.13. The molecular weight excluding hydrogens is 396 g/mol. The third-order valence-corrected chi connectivity index (χ3v) is 4.29. The lowest BCUT2D eigenvalue weighted by Gasteiger charge is -2.12. The second-order valence-electron chi connectivity index (χ2n) is 4.65. The van der Waals surface area contributed by atoms with Crippen LogP contribution in [0.4, 0.5) is 0 Å². The number of benzene rings is 1. The van der Waals surface area contributed by atoms with Crippen LogP contribution in [0.25, 0.3) is 6.08 Å². The van der Waals surface area contributed by atoms with Crippen molar-refractivity contribution in [3.63, 3.8) is 0 Å². The van der Waals surface area contributed by atoms with Gasteiger partial charge in [-0.15, -0.1) is 0 Å². The first-order valence-electron chi connectivity index (χ1n) is 6.86. The molecule has 6 nitrogen and oxygen atoms in total. The number of carbonyl (C=O) groups excluding carboxylic acids is 2. The summed E-state index contributed by atoms with van der Waals surface area (Å²) in [7, 11) is 1.53. The summed E-state index contributed by atoms with van der Waals surface area (Å²) >= 11 is 4.54. The third kappa shape index (κ3) is 4.48. The zero-order valence-electron chi connectivity index (χ0n) is 13.1. The Bertz CT molecular complexity index is 759. The van der Waals surface area contributed by atoms with E-state index < -0.39 is 5.91 Å². The monoisotopic (exact) mass is 410 g/mol. The van der Waals surface area contributed by atoms with Gasteiger partial charge >= 0.3 is 0 Å². The van der Waals surface area contributed by atoms with E-state index in [1.165, 1.54) is 14.0 Å². The maximum Gasteiger partial charge on any atom is 0.286 e. The number of ether oxygens (including phenoxy) is 2. The summed E-state index contributed by atoms with van der Waals surface area (Å²) in [6.07, 6.45) is 3.31. The summed E-state index contributed by atoms with van der Waals surface area (Å²) in [4.78, 5) is 27.2. The lowest BCUT2D eigenvalue weighted by Crippen LogP contribution is -2.23. The van der Waals surface area contributed by atoms with Crippen LogP contribution in [-0.2, 0) is 9.59 Å². The molecular formula is C16H15BrN2O4S. The molecule has 24 heavy (non-hydrogen) atoms. The van der Waals surface area contributed by atoms with Crippen molar-refractivity contribution in [2.45, 2.75) is 6.92 Å². The van der Waals surface area contributed by atoms with Crippen molar-refractivity contribution in [2.24, 2.45) is 4.99 Å². The highest BCUT2D eigenvalue weighted by atomic mass is 79.9. The Labute approximate surface area is 152 Å². The number of amidine groups is 1. The first kappa shape index (κ1) is 18.3. The molecule has 2 amide bonds. The van der Waals surface area contributed by atoms with Gasteiger partial charge in [0.25, 0.3) is 5.91 Å². The van der Waals surface area contributed by atoms with Gasteiger partial charge in [0.15, 0.2) is 16.7 Å². The van der Waals surface area contributed by atoms with Gasteiger partial charge in [0.05, 0.1) is 16.5 Å². The molecule has 8 heteroatoms. The summed E-state index contributed by atoms with van der Waals surface area (Å²) in [6.45, 7) is 5.31. The summed E-state index contributed by atoms with van der Waals surface area (Å²) in [5.41, 5.74) is 0.736. The van der Waals surface area contributed by atoms with Gasteiger partial charge < -0.3 is 14.8 Å². The van der Waals surface area contributed by atoms with E-state index in [1.807, 2.05) is 0 Å². The maximum absolute atomic E-state index is 11.9. The minimum Gasteiger partial charge on any atom is -0.493 e. The van der Waals surface area contributed by atoms with Crippen LogP contribution in [0.5, 0.6) is 11.5 Å². The largest absolute Gasteiger partial charge is 0.493 e. The molecule has 0 unspecified atom stereocenters. The summed E-state index contributed by atoms with van der Waals surface area (Å²) in [5, 5.41) is 2.78. The molecule has 1 N–H and O–H groups in total. The summed E-state index contributed by atoms with van der Waals surface area (Å²) < 4.78 is 11.6. The van der Waals surface area contributed by atoms with Crippen molar-refractivity contribution in [1.82, 2.24) is 5.32 Å². The Morgan fingerprint density at radius 3 is 2.88 bits per heavy atom. The molecule has 0 saturated heterocycles. The van der Waals surface area contributed by atoms with Crippen molar-refractivity contribution in [1.29, 1.82) is 0 Å². The molecule has 1 aromatic rings. The van der Waals surface area contributed by atoms with E-state index in [4.69, 9.17) is 9.47 Å². The molecule has 0 bridgehead atoms. The second-order valence-corrected chi connectivity index (χ2v) is 6.53. The smallest absolute Gasteiger partial charge is 0.286 e. The molecule has 0 fully saturated rings. The normalized spacial score (nSPS) is 15.2. The number of carbonyl (C=O) groups is 2. The van der Waals surface area contributed by atoms with Gasteiger partial charge in [0.2, 0.25) is 5.91 Å². The quantitative estimate of drug-likeness (QED) is 0.595. The Kier molecular flexibility index (Phi) is 6.22. The molecule has 0 atom stereocenters. The standard InChI is InChI=1S/C16H15BrN2O4S/c1-4-5-23-14-11(17)6-10(7-12(14)22-3)8-13-15(21)19-16(24-13)18-9(2)20/h4,6-8H,1,5H2,2-3H3,(H,18,19,20,21)/b13-8-. The molecule has 1 aliphatic heterocycles. The third-order valence-electron chi connectivity index (χ3n) is 2.80. The molecule has 1 aromatic carbocycles. The number of thioether (sulfide) groups is 1. The topological polar surface area (TPSA) is 77.0 Å². The van der Waals surface area contributed by atoms with Crippen LogP contribution >= 0.6 is 27.7 Å². The molecule has 2 rings (SSSR count). The molecule has 1 heterocycles. The van der Waals surface area contributed by atoms with Crippen LogP contribution < -0.4 is 14.8 Å². The zero-order chi connectivity index (χ0) is 17.7. The fraction of sp³-hybridized carbons (Fsp3) is 0.188. The van der Waals surface area contributed by atoms with E-state index >= 15 is 0 Å².